The number of fused-ring (bicyclic) bond motifs is 1. The van der Waals surface area contributed by atoms with Crippen molar-refractivity contribution in [2.45, 2.75) is 6.54 Å². The van der Waals surface area contributed by atoms with Gasteiger partial charge in [0.1, 0.15) is 0 Å². The summed E-state index contributed by atoms with van der Waals surface area (Å²) in [4.78, 5) is 28.7. The molecular formula is C20H17ClN2O4S. The highest BCUT2D eigenvalue weighted by molar-refractivity contribution is 8.18. The Kier molecular flexibility index (Phi) is 4.95. The van der Waals surface area contributed by atoms with Gasteiger partial charge in [0.25, 0.3) is 11.1 Å². The number of hydrogen-bond donors (Lipinski definition) is 0. The second kappa shape index (κ2) is 7.41. The molecule has 2 aliphatic heterocycles. The number of benzene rings is 2. The van der Waals surface area contributed by atoms with Gasteiger partial charge in [-0.3, -0.25) is 14.5 Å². The molecule has 0 unspecified atom stereocenters. The van der Waals surface area contributed by atoms with Crippen LogP contribution in [0.5, 0.6) is 11.5 Å². The zero-order valence-corrected chi connectivity index (χ0v) is 16.8. The highest BCUT2D eigenvalue weighted by Gasteiger charge is 2.35. The molecule has 0 saturated carbocycles. The zero-order chi connectivity index (χ0) is 19.8. The Hall–Kier alpha value is -2.64. The van der Waals surface area contributed by atoms with E-state index >= 15 is 0 Å². The first-order valence-electron chi connectivity index (χ1n) is 8.53. The Morgan fingerprint density at radius 1 is 1.14 bits per heavy atom. The largest absolute Gasteiger partial charge is 0.454 e. The first-order valence-corrected chi connectivity index (χ1v) is 9.72. The molecule has 2 heterocycles. The average molecular weight is 417 g/mol. The van der Waals surface area contributed by atoms with Gasteiger partial charge in [-0.1, -0.05) is 23.7 Å². The summed E-state index contributed by atoms with van der Waals surface area (Å²) >= 11 is 7.20. The van der Waals surface area contributed by atoms with Crippen molar-refractivity contribution >= 4 is 46.3 Å². The fourth-order valence-corrected chi connectivity index (χ4v) is 3.96. The normalized spacial score (nSPS) is 17.0. The topological polar surface area (TPSA) is 59.1 Å². The number of hydrogen-bond acceptors (Lipinski definition) is 6. The number of imide groups is 1. The fourth-order valence-electron chi connectivity index (χ4n) is 2.91. The maximum absolute atomic E-state index is 12.8. The first-order chi connectivity index (χ1) is 13.4. The molecule has 6 nitrogen and oxygen atoms in total. The molecule has 2 amide bonds. The van der Waals surface area contributed by atoms with Gasteiger partial charge in [0.2, 0.25) is 6.79 Å². The summed E-state index contributed by atoms with van der Waals surface area (Å²) in [5.74, 6) is 0.785. The third-order valence-corrected chi connectivity index (χ3v) is 5.71. The standard InChI is InChI=1S/C20H17ClN2O4S/c1-22(2)14-5-3-12(4-6-14)7-18-19(24)23(20(25)28-18)10-13-8-16-17(9-15(13)21)27-11-26-16/h3-9H,10-11H2,1-2H3/b18-7+. The Morgan fingerprint density at radius 3 is 2.50 bits per heavy atom. The van der Waals surface area contributed by atoms with Crippen LogP contribution in [-0.4, -0.2) is 36.9 Å². The van der Waals surface area contributed by atoms with Crippen molar-refractivity contribution in [2.75, 3.05) is 25.8 Å². The quantitative estimate of drug-likeness (QED) is 0.690. The van der Waals surface area contributed by atoms with Crippen molar-refractivity contribution < 1.29 is 19.1 Å². The van der Waals surface area contributed by atoms with Crippen molar-refractivity contribution in [3.8, 4) is 11.5 Å². The van der Waals surface area contributed by atoms with E-state index in [0.717, 1.165) is 23.0 Å². The number of thioether (sulfide) groups is 1. The number of anilines is 1. The van der Waals surface area contributed by atoms with Gasteiger partial charge >= 0.3 is 0 Å². The van der Waals surface area contributed by atoms with E-state index in [4.69, 9.17) is 21.1 Å². The van der Waals surface area contributed by atoms with Crippen LogP contribution in [0.3, 0.4) is 0 Å². The minimum atomic E-state index is -0.333. The van der Waals surface area contributed by atoms with E-state index < -0.39 is 0 Å². The van der Waals surface area contributed by atoms with Gasteiger partial charge in [0.05, 0.1) is 11.4 Å². The first kappa shape index (κ1) is 18.7. The Balaban J connectivity index is 1.54. The lowest BCUT2D eigenvalue weighted by Gasteiger charge is -2.14. The van der Waals surface area contributed by atoms with Crippen LogP contribution in [0.15, 0.2) is 41.3 Å². The van der Waals surface area contributed by atoms with E-state index in [2.05, 4.69) is 0 Å². The molecule has 4 rings (SSSR count). The van der Waals surface area contributed by atoms with Crippen LogP contribution in [0.4, 0.5) is 10.5 Å². The van der Waals surface area contributed by atoms with Crippen LogP contribution in [0.1, 0.15) is 11.1 Å². The van der Waals surface area contributed by atoms with Gasteiger partial charge in [-0.15, -0.1) is 0 Å². The molecule has 0 radical (unpaired) electrons. The van der Waals surface area contributed by atoms with Crippen molar-refractivity contribution in [1.82, 2.24) is 4.90 Å². The lowest BCUT2D eigenvalue weighted by molar-refractivity contribution is -0.123. The number of nitrogens with zero attached hydrogens (tertiary/aromatic N) is 2. The number of carbonyl (C=O) groups excluding carboxylic acids is 2. The number of ether oxygens (including phenoxy) is 2. The fraction of sp³-hybridized carbons (Fsp3) is 0.200. The van der Waals surface area contributed by atoms with Gasteiger partial charge in [-0.2, -0.15) is 0 Å². The Labute approximate surface area is 171 Å². The van der Waals surface area contributed by atoms with Gasteiger partial charge in [0, 0.05) is 30.9 Å². The lowest BCUT2D eigenvalue weighted by Crippen LogP contribution is -2.27. The second-order valence-corrected chi connectivity index (χ2v) is 7.95. The number of rotatable bonds is 4. The molecule has 0 bridgehead atoms. The van der Waals surface area contributed by atoms with E-state index in [1.807, 2.05) is 43.3 Å². The molecule has 1 saturated heterocycles. The smallest absolute Gasteiger partial charge is 0.293 e. The zero-order valence-electron chi connectivity index (χ0n) is 15.3. The molecule has 2 aliphatic rings. The Morgan fingerprint density at radius 2 is 1.82 bits per heavy atom. The van der Waals surface area contributed by atoms with Gasteiger partial charge in [-0.05, 0) is 47.2 Å². The number of carbonyl (C=O) groups is 2. The summed E-state index contributed by atoms with van der Waals surface area (Å²) in [6.45, 7) is 0.211. The van der Waals surface area contributed by atoms with Crippen molar-refractivity contribution in [1.29, 1.82) is 0 Å². The van der Waals surface area contributed by atoms with E-state index in [1.165, 1.54) is 4.90 Å². The molecular weight excluding hydrogens is 400 g/mol. The highest BCUT2D eigenvalue weighted by atomic mass is 35.5. The molecule has 1 fully saturated rings. The molecule has 0 atom stereocenters. The van der Waals surface area contributed by atoms with Gasteiger partial charge < -0.3 is 14.4 Å². The summed E-state index contributed by atoms with van der Waals surface area (Å²) in [6, 6.07) is 11.1. The molecule has 8 heteroatoms. The molecule has 2 aromatic rings. The predicted molar refractivity (Wildman–Crippen MR) is 110 cm³/mol. The molecule has 28 heavy (non-hydrogen) atoms. The molecule has 2 aromatic carbocycles. The summed E-state index contributed by atoms with van der Waals surface area (Å²) in [5, 5.41) is 0.0986. The molecule has 0 aromatic heterocycles. The maximum Gasteiger partial charge on any atom is 0.293 e. The van der Waals surface area contributed by atoms with Gasteiger partial charge in [0.15, 0.2) is 11.5 Å². The monoisotopic (exact) mass is 416 g/mol. The minimum Gasteiger partial charge on any atom is -0.454 e. The lowest BCUT2D eigenvalue weighted by atomic mass is 10.1. The SMILES string of the molecule is CN(C)c1ccc(/C=C2/SC(=O)N(Cc3cc4c(cc3Cl)OCO4)C2=O)cc1. The van der Waals surface area contributed by atoms with Crippen LogP contribution in [0.2, 0.25) is 5.02 Å². The molecule has 0 N–H and O–H groups in total. The van der Waals surface area contributed by atoms with E-state index in [-0.39, 0.29) is 24.5 Å². The second-order valence-electron chi connectivity index (χ2n) is 6.55. The summed E-state index contributed by atoms with van der Waals surface area (Å²) in [6.07, 6.45) is 1.73. The summed E-state index contributed by atoms with van der Waals surface area (Å²) in [5.41, 5.74) is 2.55. The summed E-state index contributed by atoms with van der Waals surface area (Å²) < 4.78 is 10.6. The van der Waals surface area contributed by atoms with Crippen LogP contribution in [0, 0.1) is 0 Å². The van der Waals surface area contributed by atoms with Gasteiger partial charge in [-0.25, -0.2) is 0 Å². The molecule has 0 spiro atoms. The third-order valence-electron chi connectivity index (χ3n) is 4.45. The highest BCUT2D eigenvalue weighted by Crippen LogP contribution is 2.39. The van der Waals surface area contributed by atoms with Crippen molar-refractivity contribution in [2.24, 2.45) is 0 Å². The van der Waals surface area contributed by atoms with Crippen molar-refractivity contribution in [3.05, 3.63) is 57.5 Å². The summed E-state index contributed by atoms with van der Waals surface area (Å²) in [7, 11) is 3.92. The van der Waals surface area contributed by atoms with Crippen molar-refractivity contribution in [3.63, 3.8) is 0 Å². The minimum absolute atomic E-state index is 0.0804. The predicted octanol–water partition coefficient (Wildman–Crippen LogP) is 4.37. The van der Waals surface area contributed by atoms with Crippen LogP contribution < -0.4 is 14.4 Å². The average Bonchev–Trinajstić information content (AvgIpc) is 3.21. The Bertz CT molecular complexity index is 988. The third kappa shape index (κ3) is 3.55. The number of amides is 2. The van der Waals surface area contributed by atoms with E-state index in [0.29, 0.717) is 27.0 Å². The van der Waals surface area contributed by atoms with Crippen LogP contribution >= 0.6 is 23.4 Å². The molecule has 0 aliphatic carbocycles. The van der Waals surface area contributed by atoms with E-state index in [9.17, 15) is 9.59 Å². The van der Waals surface area contributed by atoms with Crippen LogP contribution in [0.25, 0.3) is 6.08 Å². The van der Waals surface area contributed by atoms with Crippen LogP contribution in [-0.2, 0) is 11.3 Å². The maximum atomic E-state index is 12.8. The molecule has 144 valence electrons. The number of halogens is 1. The van der Waals surface area contributed by atoms with E-state index in [1.54, 1.807) is 18.2 Å².